The van der Waals surface area contributed by atoms with Crippen molar-refractivity contribution in [3.8, 4) is 0 Å². The number of carbonyl (C=O) groups excluding carboxylic acids is 1. The molecule has 3 unspecified atom stereocenters. The summed E-state index contributed by atoms with van der Waals surface area (Å²) in [5.41, 5.74) is 0. The zero-order chi connectivity index (χ0) is 13.8. The summed E-state index contributed by atoms with van der Waals surface area (Å²) >= 11 is 0. The molecule has 0 radical (unpaired) electrons. The first kappa shape index (κ1) is 20.9. The molecule has 1 amide bonds. The lowest BCUT2D eigenvalue weighted by atomic mass is 10.1. The van der Waals surface area contributed by atoms with Crippen molar-refractivity contribution in [2.24, 2.45) is 0 Å². The van der Waals surface area contributed by atoms with Gasteiger partial charge in [0.2, 0.25) is 5.91 Å². The van der Waals surface area contributed by atoms with Crippen LogP contribution in [0.15, 0.2) is 0 Å². The topological polar surface area (TPSA) is 44.8 Å². The van der Waals surface area contributed by atoms with E-state index in [9.17, 15) is 4.79 Å². The molecule has 1 N–H and O–H groups in total. The Morgan fingerprint density at radius 2 is 1.86 bits per heavy atom. The molecule has 0 spiro atoms. The maximum atomic E-state index is 12.0. The molecule has 21 heavy (non-hydrogen) atoms. The molecular formula is C14H29Cl2N3O2. The van der Waals surface area contributed by atoms with Gasteiger partial charge >= 0.3 is 0 Å². The zero-order valence-electron chi connectivity index (χ0n) is 13.2. The van der Waals surface area contributed by atoms with Gasteiger partial charge in [-0.3, -0.25) is 9.69 Å². The first-order chi connectivity index (χ1) is 9.10. The molecule has 0 aromatic rings. The predicted octanol–water partition coefficient (Wildman–Crippen LogP) is 1.15. The van der Waals surface area contributed by atoms with Crippen molar-refractivity contribution < 1.29 is 9.53 Å². The van der Waals surface area contributed by atoms with E-state index < -0.39 is 0 Å². The van der Waals surface area contributed by atoms with Crippen LogP contribution in [0.5, 0.6) is 0 Å². The van der Waals surface area contributed by atoms with E-state index in [1.54, 1.807) is 0 Å². The second kappa shape index (κ2) is 9.85. The molecule has 0 aromatic carbocycles. The van der Waals surface area contributed by atoms with Crippen LogP contribution in [0.3, 0.4) is 0 Å². The van der Waals surface area contributed by atoms with Crippen molar-refractivity contribution in [3.05, 3.63) is 0 Å². The molecule has 2 aliphatic rings. The second-order valence-electron chi connectivity index (χ2n) is 5.89. The maximum absolute atomic E-state index is 12.0. The van der Waals surface area contributed by atoms with Gasteiger partial charge in [-0.1, -0.05) is 0 Å². The van der Waals surface area contributed by atoms with E-state index in [1.807, 2.05) is 7.05 Å². The molecule has 126 valence electrons. The number of hydrogen-bond acceptors (Lipinski definition) is 4. The Morgan fingerprint density at radius 3 is 2.43 bits per heavy atom. The summed E-state index contributed by atoms with van der Waals surface area (Å²) in [6.07, 6.45) is 2.86. The average Bonchev–Trinajstić information content (AvgIpc) is 2.76. The van der Waals surface area contributed by atoms with Crippen LogP contribution in [0.1, 0.15) is 26.7 Å². The lowest BCUT2D eigenvalue weighted by Gasteiger charge is -2.38. The highest BCUT2D eigenvalue weighted by Crippen LogP contribution is 2.20. The van der Waals surface area contributed by atoms with Crippen molar-refractivity contribution >= 4 is 30.7 Å². The zero-order valence-corrected chi connectivity index (χ0v) is 14.8. The SMILES string of the molecule is CNCC(=O)N1CCCC1CN1CC(C)OC(C)C1.Cl.Cl. The molecule has 2 saturated heterocycles. The van der Waals surface area contributed by atoms with Gasteiger partial charge in [-0.15, -0.1) is 24.8 Å². The highest BCUT2D eigenvalue weighted by atomic mass is 35.5. The summed E-state index contributed by atoms with van der Waals surface area (Å²) in [4.78, 5) is 16.6. The summed E-state index contributed by atoms with van der Waals surface area (Å²) < 4.78 is 5.76. The fraction of sp³-hybridized carbons (Fsp3) is 0.929. The highest BCUT2D eigenvalue weighted by Gasteiger charge is 2.31. The van der Waals surface area contributed by atoms with Crippen molar-refractivity contribution in [2.75, 3.05) is 39.8 Å². The molecule has 2 heterocycles. The van der Waals surface area contributed by atoms with Crippen LogP contribution in [0.2, 0.25) is 0 Å². The maximum Gasteiger partial charge on any atom is 0.236 e. The van der Waals surface area contributed by atoms with E-state index in [0.717, 1.165) is 39.0 Å². The summed E-state index contributed by atoms with van der Waals surface area (Å²) in [5.74, 6) is 0.236. The lowest BCUT2D eigenvalue weighted by molar-refractivity contribution is -0.131. The fourth-order valence-corrected chi connectivity index (χ4v) is 3.34. The molecule has 2 fully saturated rings. The predicted molar refractivity (Wildman–Crippen MR) is 89.6 cm³/mol. The number of morpholine rings is 1. The average molecular weight is 342 g/mol. The monoisotopic (exact) mass is 341 g/mol. The van der Waals surface area contributed by atoms with E-state index >= 15 is 0 Å². The fourth-order valence-electron chi connectivity index (χ4n) is 3.34. The summed E-state index contributed by atoms with van der Waals surface area (Å²) in [6.45, 7) is 8.58. The minimum absolute atomic E-state index is 0. The number of likely N-dealkylation sites (tertiary alicyclic amines) is 1. The second-order valence-corrected chi connectivity index (χ2v) is 5.89. The number of rotatable bonds is 4. The van der Waals surface area contributed by atoms with E-state index in [0.29, 0.717) is 24.8 Å². The molecule has 0 aromatic heterocycles. The molecular weight excluding hydrogens is 313 g/mol. The van der Waals surface area contributed by atoms with Gasteiger partial charge in [0.15, 0.2) is 0 Å². The van der Waals surface area contributed by atoms with Gasteiger partial charge in [-0.05, 0) is 33.7 Å². The quantitative estimate of drug-likeness (QED) is 0.833. The molecule has 0 saturated carbocycles. The summed E-state index contributed by atoms with van der Waals surface area (Å²) in [5, 5.41) is 2.96. The van der Waals surface area contributed by atoms with Crippen LogP contribution < -0.4 is 5.32 Å². The Kier molecular flexibility index (Phi) is 9.81. The highest BCUT2D eigenvalue weighted by molar-refractivity contribution is 5.85. The van der Waals surface area contributed by atoms with E-state index in [4.69, 9.17) is 4.74 Å². The third kappa shape index (κ3) is 5.91. The van der Waals surface area contributed by atoms with E-state index in [1.165, 1.54) is 0 Å². The Balaban J connectivity index is 0.00000200. The van der Waals surface area contributed by atoms with Crippen molar-refractivity contribution in [1.29, 1.82) is 0 Å². The summed E-state index contributed by atoms with van der Waals surface area (Å²) in [6, 6.07) is 0.387. The first-order valence-electron chi connectivity index (χ1n) is 7.42. The Morgan fingerprint density at radius 1 is 1.24 bits per heavy atom. The van der Waals surface area contributed by atoms with Gasteiger partial charge in [0.1, 0.15) is 0 Å². The van der Waals surface area contributed by atoms with E-state index in [2.05, 4.69) is 29.0 Å². The van der Waals surface area contributed by atoms with Crippen LogP contribution in [0.25, 0.3) is 0 Å². The lowest BCUT2D eigenvalue weighted by Crippen LogP contribution is -2.51. The van der Waals surface area contributed by atoms with Gasteiger partial charge in [-0.25, -0.2) is 0 Å². The number of nitrogens with zero attached hydrogens (tertiary/aromatic N) is 2. The molecule has 0 aliphatic carbocycles. The largest absolute Gasteiger partial charge is 0.373 e. The minimum Gasteiger partial charge on any atom is -0.373 e. The van der Waals surface area contributed by atoms with Crippen LogP contribution in [-0.2, 0) is 9.53 Å². The molecule has 2 aliphatic heterocycles. The number of nitrogens with one attached hydrogen (secondary N) is 1. The van der Waals surface area contributed by atoms with Gasteiger partial charge in [0, 0.05) is 32.2 Å². The smallest absolute Gasteiger partial charge is 0.236 e. The van der Waals surface area contributed by atoms with Crippen LogP contribution in [0.4, 0.5) is 0 Å². The standard InChI is InChI=1S/C14H27N3O2.2ClH/c1-11-8-16(9-12(2)19-11)10-13-5-4-6-17(13)14(18)7-15-3;;/h11-13,15H,4-10H2,1-3H3;2*1H. The van der Waals surface area contributed by atoms with Crippen molar-refractivity contribution in [3.63, 3.8) is 0 Å². The van der Waals surface area contributed by atoms with Crippen LogP contribution in [-0.4, -0.2) is 73.7 Å². The first-order valence-corrected chi connectivity index (χ1v) is 7.42. The van der Waals surface area contributed by atoms with Gasteiger partial charge in [-0.2, -0.15) is 0 Å². The molecule has 0 bridgehead atoms. The van der Waals surface area contributed by atoms with Crippen molar-refractivity contribution in [2.45, 2.75) is 44.9 Å². The Bertz CT molecular complexity index is 311. The molecule has 7 heteroatoms. The van der Waals surface area contributed by atoms with Crippen LogP contribution >= 0.6 is 24.8 Å². The normalized spacial score (nSPS) is 29.7. The summed E-state index contributed by atoms with van der Waals surface area (Å²) in [7, 11) is 1.83. The number of ether oxygens (including phenoxy) is 1. The third-order valence-electron chi connectivity index (χ3n) is 3.99. The number of halogens is 2. The Hall–Kier alpha value is -0.0700. The van der Waals surface area contributed by atoms with Gasteiger partial charge < -0.3 is 15.0 Å². The van der Waals surface area contributed by atoms with Crippen LogP contribution in [0, 0.1) is 0 Å². The number of amides is 1. The molecule has 5 nitrogen and oxygen atoms in total. The van der Waals surface area contributed by atoms with Gasteiger partial charge in [0.05, 0.1) is 18.8 Å². The van der Waals surface area contributed by atoms with Gasteiger partial charge in [0.25, 0.3) is 0 Å². The molecule has 2 rings (SSSR count). The number of hydrogen-bond donors (Lipinski definition) is 1. The number of likely N-dealkylation sites (N-methyl/N-ethyl adjacent to an activating group) is 1. The minimum atomic E-state index is 0. The Labute approximate surface area is 140 Å². The number of carbonyl (C=O) groups is 1. The van der Waals surface area contributed by atoms with E-state index in [-0.39, 0.29) is 30.7 Å². The third-order valence-corrected chi connectivity index (χ3v) is 3.99. The molecule has 3 atom stereocenters. The van der Waals surface area contributed by atoms with Crippen molar-refractivity contribution in [1.82, 2.24) is 15.1 Å².